The van der Waals surface area contributed by atoms with E-state index in [-0.39, 0.29) is 18.4 Å². The fourth-order valence-corrected chi connectivity index (χ4v) is 4.22. The number of rotatable bonds is 3. The number of hydrogen-bond donors (Lipinski definition) is 0. The number of amides is 2. The first-order chi connectivity index (χ1) is 13.4. The van der Waals surface area contributed by atoms with Crippen LogP contribution in [0.5, 0.6) is 0 Å². The summed E-state index contributed by atoms with van der Waals surface area (Å²) in [5.41, 5.74) is 2.17. The number of benzene rings is 2. The molecular formula is C22H24ClN3O2. The lowest BCUT2D eigenvalue weighted by Gasteiger charge is -2.36. The van der Waals surface area contributed by atoms with Gasteiger partial charge >= 0.3 is 0 Å². The number of carbonyl (C=O) groups is 2. The van der Waals surface area contributed by atoms with Crippen LogP contribution in [0.1, 0.15) is 19.4 Å². The molecule has 0 radical (unpaired) electrons. The highest BCUT2D eigenvalue weighted by Crippen LogP contribution is 2.42. The minimum Gasteiger partial charge on any atom is -0.368 e. The van der Waals surface area contributed by atoms with Crippen LogP contribution in [-0.4, -0.2) is 49.4 Å². The van der Waals surface area contributed by atoms with Crippen molar-refractivity contribution in [2.75, 3.05) is 42.5 Å². The van der Waals surface area contributed by atoms with E-state index in [2.05, 4.69) is 17.0 Å². The van der Waals surface area contributed by atoms with Crippen molar-refractivity contribution in [2.45, 2.75) is 19.3 Å². The third kappa shape index (κ3) is 3.24. The van der Waals surface area contributed by atoms with Gasteiger partial charge in [-0.25, -0.2) is 0 Å². The molecule has 0 saturated carbocycles. The number of halogens is 1. The van der Waals surface area contributed by atoms with Gasteiger partial charge in [0, 0.05) is 42.6 Å². The van der Waals surface area contributed by atoms with E-state index in [9.17, 15) is 9.59 Å². The number of hydrogen-bond acceptors (Lipinski definition) is 3. The van der Waals surface area contributed by atoms with Crippen molar-refractivity contribution in [3.05, 3.63) is 59.1 Å². The topological polar surface area (TPSA) is 43.9 Å². The summed E-state index contributed by atoms with van der Waals surface area (Å²) in [5.74, 6) is -0.0688. The van der Waals surface area contributed by atoms with Gasteiger partial charge in [-0.1, -0.05) is 29.8 Å². The van der Waals surface area contributed by atoms with Gasteiger partial charge in [0.05, 0.1) is 5.41 Å². The smallest absolute Gasteiger partial charge is 0.242 e. The van der Waals surface area contributed by atoms with Gasteiger partial charge in [0.25, 0.3) is 0 Å². The van der Waals surface area contributed by atoms with Gasteiger partial charge in [0.1, 0.15) is 6.54 Å². The summed E-state index contributed by atoms with van der Waals surface area (Å²) in [4.78, 5) is 31.6. The van der Waals surface area contributed by atoms with Crippen LogP contribution in [0.2, 0.25) is 5.02 Å². The highest BCUT2D eigenvalue weighted by molar-refractivity contribution is 6.31. The second-order valence-corrected chi connectivity index (χ2v) is 8.32. The molecule has 4 rings (SSSR count). The molecule has 0 N–H and O–H groups in total. The van der Waals surface area contributed by atoms with Gasteiger partial charge in [-0.2, -0.15) is 0 Å². The molecule has 0 aromatic heterocycles. The van der Waals surface area contributed by atoms with Crippen LogP contribution in [0.4, 0.5) is 11.4 Å². The molecule has 28 heavy (non-hydrogen) atoms. The van der Waals surface area contributed by atoms with Crippen molar-refractivity contribution in [1.29, 1.82) is 0 Å². The first-order valence-corrected chi connectivity index (χ1v) is 9.95. The van der Waals surface area contributed by atoms with Gasteiger partial charge in [0.15, 0.2) is 0 Å². The number of piperazine rings is 1. The zero-order valence-corrected chi connectivity index (χ0v) is 16.9. The summed E-state index contributed by atoms with van der Waals surface area (Å²) >= 11 is 6.13. The summed E-state index contributed by atoms with van der Waals surface area (Å²) in [7, 11) is 0. The van der Waals surface area contributed by atoms with Crippen LogP contribution in [0.25, 0.3) is 0 Å². The van der Waals surface area contributed by atoms with Crippen molar-refractivity contribution in [1.82, 2.24) is 4.90 Å². The van der Waals surface area contributed by atoms with E-state index < -0.39 is 5.41 Å². The molecule has 6 heteroatoms. The Kier molecular flexibility index (Phi) is 4.79. The number of carbonyl (C=O) groups excluding carboxylic acids is 2. The van der Waals surface area contributed by atoms with Crippen LogP contribution in [0.3, 0.4) is 0 Å². The highest BCUT2D eigenvalue weighted by atomic mass is 35.5. The van der Waals surface area contributed by atoms with Gasteiger partial charge < -0.3 is 14.7 Å². The Morgan fingerprint density at radius 2 is 1.71 bits per heavy atom. The Morgan fingerprint density at radius 3 is 2.39 bits per heavy atom. The average Bonchev–Trinajstić information content (AvgIpc) is 2.89. The van der Waals surface area contributed by atoms with E-state index >= 15 is 0 Å². The molecule has 2 aromatic carbocycles. The van der Waals surface area contributed by atoms with Crippen molar-refractivity contribution < 1.29 is 9.59 Å². The largest absolute Gasteiger partial charge is 0.368 e. The molecule has 1 fully saturated rings. The zero-order chi connectivity index (χ0) is 19.9. The van der Waals surface area contributed by atoms with Crippen LogP contribution in [0.15, 0.2) is 48.5 Å². The quantitative estimate of drug-likeness (QED) is 0.798. The van der Waals surface area contributed by atoms with Crippen molar-refractivity contribution in [2.24, 2.45) is 0 Å². The summed E-state index contributed by atoms with van der Waals surface area (Å²) < 4.78 is 0. The van der Waals surface area contributed by atoms with Gasteiger partial charge in [-0.3, -0.25) is 9.59 Å². The number of anilines is 2. The van der Waals surface area contributed by atoms with Crippen LogP contribution >= 0.6 is 11.6 Å². The first-order valence-electron chi connectivity index (χ1n) is 9.58. The van der Waals surface area contributed by atoms with Crippen LogP contribution in [0, 0.1) is 0 Å². The Morgan fingerprint density at radius 1 is 1.04 bits per heavy atom. The van der Waals surface area contributed by atoms with Crippen molar-refractivity contribution in [3.8, 4) is 0 Å². The lowest BCUT2D eigenvalue weighted by atomic mass is 9.86. The maximum Gasteiger partial charge on any atom is 0.242 e. The standard InChI is InChI=1S/C22H24ClN3O2/c1-22(2)18-14-16(23)8-9-19(18)26(21(22)28)15-20(27)25-12-10-24(11-13-25)17-6-4-3-5-7-17/h3-9,14H,10-13,15H2,1-2H3. The minimum atomic E-state index is -0.674. The van der Waals surface area contributed by atoms with Crippen LogP contribution < -0.4 is 9.80 Å². The molecule has 0 atom stereocenters. The lowest BCUT2D eigenvalue weighted by Crippen LogP contribution is -2.52. The summed E-state index contributed by atoms with van der Waals surface area (Å²) in [6.45, 7) is 6.74. The third-order valence-electron chi connectivity index (χ3n) is 5.75. The summed E-state index contributed by atoms with van der Waals surface area (Å²) in [5, 5.41) is 0.602. The molecule has 0 unspecified atom stereocenters. The Hall–Kier alpha value is -2.53. The van der Waals surface area contributed by atoms with E-state index in [4.69, 9.17) is 11.6 Å². The third-order valence-corrected chi connectivity index (χ3v) is 5.98. The molecule has 0 spiro atoms. The number of nitrogens with zero attached hydrogens (tertiary/aromatic N) is 3. The Bertz CT molecular complexity index is 905. The second kappa shape index (κ2) is 7.13. The number of fused-ring (bicyclic) bond motifs is 1. The molecule has 0 aliphatic carbocycles. The fourth-order valence-electron chi connectivity index (χ4n) is 4.05. The first kappa shape index (κ1) is 18.8. The molecule has 5 nitrogen and oxygen atoms in total. The second-order valence-electron chi connectivity index (χ2n) is 7.88. The van der Waals surface area contributed by atoms with E-state index in [0.29, 0.717) is 18.1 Å². The molecule has 2 heterocycles. The SMILES string of the molecule is CC1(C)C(=O)N(CC(=O)N2CCN(c3ccccc3)CC2)c2ccc(Cl)cc21. The highest BCUT2D eigenvalue weighted by Gasteiger charge is 2.44. The van der Waals surface area contributed by atoms with Gasteiger partial charge in [-0.15, -0.1) is 0 Å². The van der Waals surface area contributed by atoms with E-state index in [1.165, 1.54) is 5.69 Å². The molecule has 1 saturated heterocycles. The van der Waals surface area contributed by atoms with Crippen LogP contribution in [-0.2, 0) is 15.0 Å². The maximum absolute atomic E-state index is 13.0. The zero-order valence-electron chi connectivity index (χ0n) is 16.2. The molecule has 2 aliphatic heterocycles. The van der Waals surface area contributed by atoms with Crippen molar-refractivity contribution in [3.63, 3.8) is 0 Å². The Labute approximate surface area is 170 Å². The van der Waals surface area contributed by atoms with E-state index in [1.807, 2.05) is 49.1 Å². The molecule has 0 bridgehead atoms. The minimum absolute atomic E-state index is 0.0142. The molecule has 2 aromatic rings. The fraction of sp³-hybridized carbons (Fsp3) is 0.364. The monoisotopic (exact) mass is 397 g/mol. The van der Waals surface area contributed by atoms with Gasteiger partial charge in [0.2, 0.25) is 11.8 Å². The summed E-state index contributed by atoms with van der Waals surface area (Å²) in [6, 6.07) is 15.7. The molecule has 2 aliphatic rings. The van der Waals surface area contributed by atoms with E-state index in [0.717, 1.165) is 24.3 Å². The predicted molar refractivity (Wildman–Crippen MR) is 112 cm³/mol. The molecule has 146 valence electrons. The Balaban J connectivity index is 1.44. The van der Waals surface area contributed by atoms with Gasteiger partial charge in [-0.05, 0) is 49.7 Å². The molecule has 2 amide bonds. The number of para-hydroxylation sites is 1. The predicted octanol–water partition coefficient (Wildman–Crippen LogP) is 3.31. The summed E-state index contributed by atoms with van der Waals surface area (Å²) in [6.07, 6.45) is 0. The van der Waals surface area contributed by atoms with E-state index in [1.54, 1.807) is 11.0 Å². The lowest BCUT2D eigenvalue weighted by molar-refractivity contribution is -0.132. The maximum atomic E-state index is 13.0. The van der Waals surface area contributed by atoms with Crippen molar-refractivity contribution >= 4 is 34.8 Å². The average molecular weight is 398 g/mol. The molecular weight excluding hydrogens is 374 g/mol. The normalized spacial score (nSPS) is 18.4.